The number of methoxy groups -OCH3 is 2. The van der Waals surface area contributed by atoms with Gasteiger partial charge in [0.05, 0.1) is 24.8 Å². The van der Waals surface area contributed by atoms with Crippen LogP contribution in [0.25, 0.3) is 0 Å². The number of carboxylic acids is 2. The van der Waals surface area contributed by atoms with E-state index in [4.69, 9.17) is 29.3 Å². The van der Waals surface area contributed by atoms with Crippen molar-refractivity contribution in [3.63, 3.8) is 0 Å². The van der Waals surface area contributed by atoms with Gasteiger partial charge in [-0.1, -0.05) is 48.2 Å². The van der Waals surface area contributed by atoms with E-state index in [1.807, 2.05) is 6.07 Å². The van der Waals surface area contributed by atoms with Crippen molar-refractivity contribution in [2.24, 2.45) is 0 Å². The Bertz CT molecular complexity index is 1020. The van der Waals surface area contributed by atoms with Crippen LogP contribution >= 0.6 is 23.5 Å². The van der Waals surface area contributed by atoms with Gasteiger partial charge in [-0.15, -0.1) is 23.5 Å². The third-order valence-electron chi connectivity index (χ3n) is 5.28. The van der Waals surface area contributed by atoms with Gasteiger partial charge in [0.15, 0.2) is 11.5 Å². The molecule has 0 spiro atoms. The fourth-order valence-electron chi connectivity index (χ4n) is 3.48. The molecule has 1 aliphatic rings. The monoisotopic (exact) mass is 531 g/mol. The van der Waals surface area contributed by atoms with E-state index in [1.165, 1.54) is 29.1 Å². The Morgan fingerprint density at radius 2 is 1.64 bits per heavy atom. The number of hydrogen-bond donors (Lipinski definition) is 3. The summed E-state index contributed by atoms with van der Waals surface area (Å²) in [6.45, 7) is 1.70. The van der Waals surface area contributed by atoms with Gasteiger partial charge in [0.25, 0.3) is 0 Å². The van der Waals surface area contributed by atoms with Crippen LogP contribution in [0, 0.1) is 11.8 Å². The molecule has 0 bridgehead atoms. The number of ether oxygens (including phenoxy) is 2. The molecule has 7 nitrogen and oxygen atoms in total. The molecule has 1 fully saturated rings. The Hall–Kier alpha value is -2.80. The van der Waals surface area contributed by atoms with Crippen LogP contribution < -0.4 is 14.8 Å². The zero-order valence-corrected chi connectivity index (χ0v) is 22.3. The molecular weight excluding hydrogens is 498 g/mol. The molecular formula is C27H33NO6S2. The minimum atomic E-state index is -1.82. The SMILES string of the molecule is COc1ccc(CCCNCC#CCC2(c3ccccc3)SCCCS2)cc1OC.O=C(O)C(=O)O. The number of carboxylic acid groups (broad SMARTS) is 2. The van der Waals surface area contributed by atoms with Gasteiger partial charge in [0.2, 0.25) is 0 Å². The minimum Gasteiger partial charge on any atom is -0.493 e. The van der Waals surface area contributed by atoms with Crippen molar-refractivity contribution in [2.45, 2.75) is 29.8 Å². The molecule has 1 saturated heterocycles. The molecule has 3 rings (SSSR count). The van der Waals surface area contributed by atoms with Crippen LogP contribution in [-0.4, -0.2) is 61.0 Å². The van der Waals surface area contributed by atoms with Crippen LogP contribution in [-0.2, 0) is 20.1 Å². The molecule has 194 valence electrons. The van der Waals surface area contributed by atoms with Gasteiger partial charge in [-0.3, -0.25) is 0 Å². The highest BCUT2D eigenvalue weighted by Gasteiger charge is 2.34. The van der Waals surface area contributed by atoms with E-state index in [9.17, 15) is 0 Å². The van der Waals surface area contributed by atoms with E-state index >= 15 is 0 Å². The summed E-state index contributed by atoms with van der Waals surface area (Å²) in [6.07, 6.45) is 4.26. The van der Waals surface area contributed by atoms with Crippen molar-refractivity contribution in [2.75, 3.05) is 38.8 Å². The first-order valence-electron chi connectivity index (χ1n) is 11.6. The Morgan fingerprint density at radius 3 is 2.25 bits per heavy atom. The van der Waals surface area contributed by atoms with Crippen molar-refractivity contribution < 1.29 is 29.3 Å². The zero-order chi connectivity index (χ0) is 26.2. The molecule has 2 aromatic rings. The number of thioether (sulfide) groups is 2. The van der Waals surface area contributed by atoms with Crippen molar-refractivity contribution in [3.05, 3.63) is 59.7 Å². The lowest BCUT2D eigenvalue weighted by Crippen LogP contribution is -2.22. The number of aliphatic carboxylic acids is 2. The average molecular weight is 532 g/mol. The molecule has 3 N–H and O–H groups in total. The van der Waals surface area contributed by atoms with Crippen LogP contribution in [0.15, 0.2) is 48.5 Å². The first kappa shape index (κ1) is 29.4. The maximum Gasteiger partial charge on any atom is 0.414 e. The van der Waals surface area contributed by atoms with Crippen LogP contribution in [0.1, 0.15) is 30.4 Å². The number of rotatable bonds is 9. The predicted molar refractivity (Wildman–Crippen MR) is 146 cm³/mol. The van der Waals surface area contributed by atoms with E-state index in [1.54, 1.807) is 14.2 Å². The fraction of sp³-hybridized carbons (Fsp3) is 0.407. The van der Waals surface area contributed by atoms with Crippen molar-refractivity contribution in [3.8, 4) is 23.3 Å². The summed E-state index contributed by atoms with van der Waals surface area (Å²) in [4.78, 5) is 18.2. The Labute approximate surface area is 221 Å². The summed E-state index contributed by atoms with van der Waals surface area (Å²) in [7, 11) is 3.34. The maximum absolute atomic E-state index is 9.10. The second-order valence-electron chi connectivity index (χ2n) is 7.78. The number of aryl methyl sites for hydroxylation is 1. The Balaban J connectivity index is 0.000000678. The molecule has 0 radical (unpaired) electrons. The highest BCUT2D eigenvalue weighted by atomic mass is 32.2. The van der Waals surface area contributed by atoms with Crippen molar-refractivity contribution in [1.82, 2.24) is 5.32 Å². The molecule has 1 aliphatic heterocycles. The number of nitrogens with one attached hydrogen (secondary N) is 1. The molecule has 0 saturated carbocycles. The highest BCUT2D eigenvalue weighted by Crippen LogP contribution is 2.52. The standard InChI is InChI=1S/C25H31NO2S2.C2H2O4/c1-27-23-14-13-21(20-24(23)28-2)10-8-17-26-16-7-6-15-25(29-18-9-19-30-25)22-11-4-3-5-12-22;3-1(4)2(5)6/h3-5,11-14,20,26H,8-10,15-19H2,1-2H3;(H,3,4)(H,5,6). The second kappa shape index (κ2) is 16.0. The predicted octanol–water partition coefficient (Wildman–Crippen LogP) is 4.50. The van der Waals surface area contributed by atoms with E-state index in [0.29, 0.717) is 0 Å². The molecule has 1 heterocycles. The van der Waals surface area contributed by atoms with Gasteiger partial charge < -0.3 is 25.0 Å². The quantitative estimate of drug-likeness (QED) is 0.245. The average Bonchev–Trinajstić information content (AvgIpc) is 2.91. The van der Waals surface area contributed by atoms with Crippen LogP contribution in [0.4, 0.5) is 0 Å². The molecule has 9 heteroatoms. The number of benzene rings is 2. The van der Waals surface area contributed by atoms with Crippen LogP contribution in [0.5, 0.6) is 11.5 Å². The molecule has 0 aromatic heterocycles. The van der Waals surface area contributed by atoms with Gasteiger partial charge in [0.1, 0.15) is 0 Å². The fourth-order valence-corrected chi connectivity index (χ4v) is 6.69. The number of hydrogen-bond acceptors (Lipinski definition) is 7. The van der Waals surface area contributed by atoms with E-state index in [0.717, 1.165) is 43.9 Å². The van der Waals surface area contributed by atoms with Gasteiger partial charge >= 0.3 is 11.9 Å². The van der Waals surface area contributed by atoms with Crippen molar-refractivity contribution >= 4 is 35.5 Å². The maximum atomic E-state index is 9.10. The second-order valence-corrected chi connectivity index (χ2v) is 10.8. The van der Waals surface area contributed by atoms with E-state index in [2.05, 4.69) is 83.1 Å². The molecule has 0 amide bonds. The highest BCUT2D eigenvalue weighted by molar-refractivity contribution is 8.18. The lowest BCUT2D eigenvalue weighted by molar-refractivity contribution is -0.159. The summed E-state index contributed by atoms with van der Waals surface area (Å²) in [6, 6.07) is 17.0. The third-order valence-corrected chi connectivity index (χ3v) is 8.67. The van der Waals surface area contributed by atoms with E-state index in [-0.39, 0.29) is 4.08 Å². The Kier molecular flexibility index (Phi) is 13.1. The van der Waals surface area contributed by atoms with Gasteiger partial charge in [-0.25, -0.2) is 9.59 Å². The third kappa shape index (κ3) is 9.69. The van der Waals surface area contributed by atoms with Crippen LogP contribution in [0.3, 0.4) is 0 Å². The van der Waals surface area contributed by atoms with Gasteiger partial charge in [-0.05, 0) is 60.6 Å². The largest absolute Gasteiger partial charge is 0.493 e. The van der Waals surface area contributed by atoms with Crippen LogP contribution in [0.2, 0.25) is 0 Å². The first-order chi connectivity index (χ1) is 17.4. The summed E-state index contributed by atoms with van der Waals surface area (Å²) < 4.78 is 10.8. The lowest BCUT2D eigenvalue weighted by atomic mass is 10.1. The van der Waals surface area contributed by atoms with E-state index < -0.39 is 11.9 Å². The molecule has 36 heavy (non-hydrogen) atoms. The summed E-state index contributed by atoms with van der Waals surface area (Å²) in [5.74, 6) is 7.14. The first-order valence-corrected chi connectivity index (χ1v) is 13.6. The summed E-state index contributed by atoms with van der Waals surface area (Å²) in [5, 5.41) is 18.2. The number of carbonyl (C=O) groups is 2. The molecule has 0 aliphatic carbocycles. The lowest BCUT2D eigenvalue weighted by Gasteiger charge is -2.35. The zero-order valence-electron chi connectivity index (χ0n) is 20.6. The minimum absolute atomic E-state index is 0.0972. The summed E-state index contributed by atoms with van der Waals surface area (Å²) >= 11 is 4.12. The topological polar surface area (TPSA) is 105 Å². The normalized spacial score (nSPS) is 13.8. The Morgan fingerprint density at radius 1 is 0.972 bits per heavy atom. The molecule has 2 aromatic carbocycles. The van der Waals surface area contributed by atoms with Crippen molar-refractivity contribution in [1.29, 1.82) is 0 Å². The molecule has 0 atom stereocenters. The smallest absolute Gasteiger partial charge is 0.414 e. The summed E-state index contributed by atoms with van der Waals surface area (Å²) in [5.41, 5.74) is 2.66. The molecule has 0 unspecified atom stereocenters. The van der Waals surface area contributed by atoms with Gasteiger partial charge in [0, 0.05) is 6.42 Å². The van der Waals surface area contributed by atoms with Gasteiger partial charge in [-0.2, -0.15) is 0 Å².